The summed E-state index contributed by atoms with van der Waals surface area (Å²) in [5.41, 5.74) is 13.0. The average molecular weight is 447 g/mol. The lowest BCUT2D eigenvalue weighted by Crippen LogP contribution is -2.15. The van der Waals surface area contributed by atoms with Crippen molar-refractivity contribution in [2.75, 3.05) is 19.1 Å². The summed E-state index contributed by atoms with van der Waals surface area (Å²) in [4.78, 5) is 34.5. The molecule has 0 fully saturated rings. The van der Waals surface area contributed by atoms with E-state index in [2.05, 4.69) is 9.72 Å². The number of carbonyl (C=O) groups excluding carboxylic acids is 2. The van der Waals surface area contributed by atoms with Crippen molar-refractivity contribution < 1.29 is 19.1 Å². The Balaban J connectivity index is 2.24. The molecule has 2 aromatic heterocycles. The van der Waals surface area contributed by atoms with E-state index in [0.717, 1.165) is 16.0 Å². The number of hydrogen-bond acceptors (Lipinski definition) is 9. The van der Waals surface area contributed by atoms with E-state index in [4.69, 9.17) is 21.2 Å². The summed E-state index contributed by atoms with van der Waals surface area (Å²) in [6, 6.07) is 5.06. The molecule has 0 spiro atoms. The van der Waals surface area contributed by atoms with Gasteiger partial charge < -0.3 is 20.9 Å². The molecule has 0 unspecified atom stereocenters. The van der Waals surface area contributed by atoms with Gasteiger partial charge in [0.05, 0.1) is 23.4 Å². The van der Waals surface area contributed by atoms with Crippen molar-refractivity contribution in [1.29, 1.82) is 0 Å². The molecule has 3 aromatic rings. The third kappa shape index (κ3) is 4.19. The van der Waals surface area contributed by atoms with Crippen LogP contribution < -0.4 is 16.2 Å². The Bertz CT molecular complexity index is 1150. The Morgan fingerprint density at radius 3 is 2.43 bits per heavy atom. The van der Waals surface area contributed by atoms with E-state index in [1.165, 1.54) is 30.2 Å². The highest BCUT2D eigenvalue weighted by Crippen LogP contribution is 2.39. The van der Waals surface area contributed by atoms with Crippen LogP contribution in [0.5, 0.6) is 5.75 Å². The van der Waals surface area contributed by atoms with E-state index >= 15 is 0 Å². The lowest BCUT2D eigenvalue weighted by atomic mass is 9.90. The maximum Gasteiger partial charge on any atom is 0.513 e. The van der Waals surface area contributed by atoms with E-state index in [-0.39, 0.29) is 16.9 Å². The number of rotatable bonds is 4. The van der Waals surface area contributed by atoms with E-state index in [9.17, 15) is 9.59 Å². The van der Waals surface area contributed by atoms with E-state index in [0.29, 0.717) is 21.1 Å². The smallest absolute Gasteiger partial charge is 0.437 e. The summed E-state index contributed by atoms with van der Waals surface area (Å²) in [6.07, 6.45) is 1.03. The first-order chi connectivity index (χ1) is 14.0. The first kappa shape index (κ1) is 21.8. The van der Waals surface area contributed by atoms with Crippen LogP contribution in [0.15, 0.2) is 23.1 Å². The summed E-state index contributed by atoms with van der Waals surface area (Å²) >= 11 is 2.67. The van der Waals surface area contributed by atoms with Crippen molar-refractivity contribution >= 4 is 51.1 Å². The molecule has 30 heavy (non-hydrogen) atoms. The van der Waals surface area contributed by atoms with Crippen molar-refractivity contribution in [3.05, 3.63) is 28.8 Å². The van der Waals surface area contributed by atoms with Crippen LogP contribution in [-0.4, -0.2) is 35.4 Å². The van der Waals surface area contributed by atoms with Gasteiger partial charge in [-0.15, -0.1) is 23.1 Å². The van der Waals surface area contributed by atoms with E-state index in [1.54, 1.807) is 18.2 Å². The number of methoxy groups -OCH3 is 1. The highest BCUT2D eigenvalue weighted by Gasteiger charge is 2.25. The Kier molecular flexibility index (Phi) is 5.91. The van der Waals surface area contributed by atoms with Gasteiger partial charge >= 0.3 is 6.16 Å². The van der Waals surface area contributed by atoms with Gasteiger partial charge in [-0.3, -0.25) is 4.79 Å². The minimum Gasteiger partial charge on any atom is -0.437 e. The molecule has 0 radical (unpaired) electrons. The van der Waals surface area contributed by atoms with Gasteiger partial charge in [-0.1, -0.05) is 20.8 Å². The molecule has 4 N–H and O–H groups in total. The third-order valence-corrected chi connectivity index (χ3v) is 6.10. The predicted octanol–water partition coefficient (Wildman–Crippen LogP) is 4.20. The molecular weight excluding hydrogens is 424 g/mol. The molecule has 8 nitrogen and oxygen atoms in total. The molecule has 1 aromatic carbocycles. The summed E-state index contributed by atoms with van der Waals surface area (Å²) < 4.78 is 9.65. The molecule has 158 valence electrons. The molecule has 2 heterocycles. The largest absolute Gasteiger partial charge is 0.513 e. The zero-order valence-corrected chi connectivity index (χ0v) is 18.9. The van der Waals surface area contributed by atoms with Crippen LogP contribution in [0.25, 0.3) is 21.6 Å². The van der Waals surface area contributed by atoms with E-state index < -0.39 is 12.1 Å². The molecule has 3 rings (SSSR count). The number of amides is 1. The Morgan fingerprint density at radius 2 is 1.87 bits per heavy atom. The molecule has 0 saturated heterocycles. The van der Waals surface area contributed by atoms with Crippen LogP contribution in [0.1, 0.15) is 36.1 Å². The monoisotopic (exact) mass is 446 g/mol. The SMILES string of the molecule is COC(=O)Oc1cc(SC)c(-c2nc(C(C)(C)C)c3cc(C(N)=O)sc3n2)cc1N. The third-order valence-electron chi connectivity index (χ3n) is 4.28. The zero-order chi connectivity index (χ0) is 22.2. The first-order valence-electron chi connectivity index (χ1n) is 8.90. The highest BCUT2D eigenvalue weighted by molar-refractivity contribution is 7.98. The minimum atomic E-state index is -0.855. The molecule has 0 aliphatic carbocycles. The number of fused-ring (bicyclic) bond motifs is 1. The number of thiophene rings is 1. The number of hydrogen-bond donors (Lipinski definition) is 2. The lowest BCUT2D eigenvalue weighted by molar-refractivity contribution is 0.100. The van der Waals surface area contributed by atoms with Crippen LogP contribution in [0.2, 0.25) is 0 Å². The van der Waals surface area contributed by atoms with Gasteiger partial charge in [0, 0.05) is 21.3 Å². The van der Waals surface area contributed by atoms with Crippen LogP contribution in [0, 0.1) is 0 Å². The van der Waals surface area contributed by atoms with Gasteiger partial charge in [0.15, 0.2) is 11.6 Å². The molecular formula is C20H22N4O4S2. The summed E-state index contributed by atoms with van der Waals surface area (Å²) in [6.45, 7) is 6.12. The number of primary amides is 1. The molecule has 1 amide bonds. The van der Waals surface area contributed by atoms with Gasteiger partial charge in [-0.25, -0.2) is 14.8 Å². The Morgan fingerprint density at radius 1 is 1.17 bits per heavy atom. The summed E-state index contributed by atoms with van der Waals surface area (Å²) in [5, 5.41) is 0.800. The van der Waals surface area contributed by atoms with Gasteiger partial charge in [0.1, 0.15) is 4.83 Å². The number of nitrogens with zero attached hydrogens (tertiary/aromatic N) is 2. The number of aromatic nitrogens is 2. The van der Waals surface area contributed by atoms with Crippen molar-refractivity contribution in [3.8, 4) is 17.1 Å². The Labute approximate surface area is 182 Å². The van der Waals surface area contributed by atoms with Gasteiger partial charge in [-0.2, -0.15) is 0 Å². The van der Waals surface area contributed by atoms with Crippen LogP contribution in [0.3, 0.4) is 0 Å². The molecule has 0 atom stereocenters. The molecule has 0 aliphatic heterocycles. The van der Waals surface area contributed by atoms with Crippen molar-refractivity contribution in [1.82, 2.24) is 9.97 Å². The number of carbonyl (C=O) groups is 2. The average Bonchev–Trinajstić information content (AvgIpc) is 3.11. The zero-order valence-electron chi connectivity index (χ0n) is 17.2. The maximum atomic E-state index is 11.7. The lowest BCUT2D eigenvalue weighted by Gasteiger charge is -2.20. The fourth-order valence-electron chi connectivity index (χ4n) is 2.88. The summed E-state index contributed by atoms with van der Waals surface area (Å²) in [7, 11) is 1.22. The number of benzene rings is 1. The number of ether oxygens (including phenoxy) is 2. The van der Waals surface area contributed by atoms with E-state index in [1.807, 2.05) is 27.0 Å². The van der Waals surface area contributed by atoms with Crippen LogP contribution in [0.4, 0.5) is 10.5 Å². The number of thioether (sulfide) groups is 1. The second kappa shape index (κ2) is 8.11. The van der Waals surface area contributed by atoms with Gasteiger partial charge in [0.25, 0.3) is 5.91 Å². The van der Waals surface area contributed by atoms with Crippen LogP contribution in [-0.2, 0) is 10.2 Å². The van der Waals surface area contributed by atoms with Gasteiger partial charge in [0.2, 0.25) is 0 Å². The maximum absolute atomic E-state index is 11.7. The molecule has 0 saturated carbocycles. The van der Waals surface area contributed by atoms with Crippen molar-refractivity contribution in [3.63, 3.8) is 0 Å². The van der Waals surface area contributed by atoms with Crippen molar-refractivity contribution in [2.45, 2.75) is 31.1 Å². The van der Waals surface area contributed by atoms with Crippen molar-refractivity contribution in [2.24, 2.45) is 5.73 Å². The number of nitrogens with two attached hydrogens (primary N) is 2. The predicted molar refractivity (Wildman–Crippen MR) is 119 cm³/mol. The fourth-order valence-corrected chi connectivity index (χ4v) is 4.35. The Hall–Kier alpha value is -2.85. The topological polar surface area (TPSA) is 130 Å². The number of nitrogen functional groups attached to an aromatic ring is 1. The number of anilines is 1. The highest BCUT2D eigenvalue weighted by atomic mass is 32.2. The standard InChI is InChI=1S/C20H22N4O4S2/c1-20(2,3)15-10-7-14(16(22)25)30-18(10)24-17(23-15)9-6-11(21)12(8-13(9)29-5)28-19(26)27-4/h6-8H,21H2,1-5H3,(H2,22,25). The normalized spacial score (nSPS) is 11.5. The molecule has 0 aliphatic rings. The minimum absolute atomic E-state index is 0.194. The molecule has 0 bridgehead atoms. The van der Waals surface area contributed by atoms with Crippen LogP contribution >= 0.6 is 23.1 Å². The first-order valence-corrected chi connectivity index (χ1v) is 10.9. The summed E-state index contributed by atoms with van der Waals surface area (Å²) in [5.74, 6) is 0.156. The fraction of sp³-hybridized carbons (Fsp3) is 0.300. The molecule has 10 heteroatoms. The second-order valence-electron chi connectivity index (χ2n) is 7.49. The second-order valence-corrected chi connectivity index (χ2v) is 9.36. The van der Waals surface area contributed by atoms with Gasteiger partial charge in [-0.05, 0) is 24.5 Å². The quantitative estimate of drug-likeness (QED) is 0.264.